The van der Waals surface area contributed by atoms with Crippen molar-refractivity contribution in [3.63, 3.8) is 0 Å². The van der Waals surface area contributed by atoms with Gasteiger partial charge >= 0.3 is 0 Å². The Balaban J connectivity index is 1.15. The smallest absolute Gasteiger partial charge is 0.117 e. The Morgan fingerprint density at radius 2 is 1.76 bits per heavy atom. The van der Waals surface area contributed by atoms with Crippen molar-refractivity contribution in [2.75, 3.05) is 19.6 Å². The molecule has 0 amide bonds. The summed E-state index contributed by atoms with van der Waals surface area (Å²) >= 11 is 0. The summed E-state index contributed by atoms with van der Waals surface area (Å²) in [4.78, 5) is 5.23. The van der Waals surface area contributed by atoms with Crippen LogP contribution < -0.4 is 0 Å². The third-order valence-electron chi connectivity index (χ3n) is 8.35. The van der Waals surface area contributed by atoms with Crippen LogP contribution in [0.2, 0.25) is 0 Å². The van der Waals surface area contributed by atoms with E-state index in [1.807, 2.05) is 12.1 Å². The minimum Gasteiger partial charge on any atom is -0.468 e. The molecule has 1 aliphatic carbocycles. The molecule has 0 spiro atoms. The van der Waals surface area contributed by atoms with Crippen LogP contribution in [0.5, 0.6) is 0 Å². The molecule has 3 saturated heterocycles. The maximum Gasteiger partial charge on any atom is 0.117 e. The highest BCUT2D eigenvalue weighted by molar-refractivity contribution is 5.22. The van der Waals surface area contributed by atoms with Crippen LogP contribution in [0.25, 0.3) is 0 Å². The van der Waals surface area contributed by atoms with Crippen LogP contribution >= 0.6 is 0 Å². The molecule has 6 nitrogen and oxygen atoms in total. The number of hydrogen-bond acceptors (Lipinski definition) is 5. The van der Waals surface area contributed by atoms with E-state index >= 15 is 0 Å². The maximum atomic E-state index is 5.67. The minimum atomic E-state index is 0.590. The van der Waals surface area contributed by atoms with E-state index in [1.165, 1.54) is 56.5 Å². The summed E-state index contributed by atoms with van der Waals surface area (Å²) in [7, 11) is 2.16. The number of nitrogens with zero attached hydrogens (tertiary/aromatic N) is 4. The molecule has 4 aliphatic rings. The molecule has 3 aromatic rings. The van der Waals surface area contributed by atoms with Crippen LogP contribution in [0.15, 0.2) is 51.7 Å². The van der Waals surface area contributed by atoms with Crippen LogP contribution in [-0.4, -0.2) is 45.3 Å². The van der Waals surface area contributed by atoms with Crippen molar-refractivity contribution >= 4 is 0 Å². The number of aryl methyl sites for hydroxylation is 1. The number of furan rings is 2. The third kappa shape index (κ3) is 4.43. The van der Waals surface area contributed by atoms with Crippen molar-refractivity contribution < 1.29 is 8.83 Å². The van der Waals surface area contributed by atoms with E-state index in [1.54, 1.807) is 12.5 Å². The highest BCUT2D eigenvalue weighted by Crippen LogP contribution is 2.43. The monoisotopic (exact) mass is 448 g/mol. The van der Waals surface area contributed by atoms with Crippen molar-refractivity contribution in [2.24, 2.45) is 13.0 Å². The van der Waals surface area contributed by atoms with Gasteiger partial charge in [-0.2, -0.15) is 5.10 Å². The Morgan fingerprint density at radius 1 is 1.03 bits per heavy atom. The maximum absolute atomic E-state index is 5.67. The van der Waals surface area contributed by atoms with E-state index in [2.05, 4.69) is 39.7 Å². The fraction of sp³-hybridized carbons (Fsp3) is 0.593. The van der Waals surface area contributed by atoms with Gasteiger partial charge in [0.15, 0.2) is 0 Å². The highest BCUT2D eigenvalue weighted by atomic mass is 16.3. The van der Waals surface area contributed by atoms with E-state index in [0.29, 0.717) is 17.9 Å². The van der Waals surface area contributed by atoms with E-state index in [0.717, 1.165) is 43.6 Å². The predicted octanol–water partition coefficient (Wildman–Crippen LogP) is 5.14. The molecule has 6 heteroatoms. The topological polar surface area (TPSA) is 50.6 Å². The highest BCUT2D eigenvalue weighted by Gasteiger charge is 2.42. The zero-order valence-corrected chi connectivity index (χ0v) is 19.7. The van der Waals surface area contributed by atoms with Crippen molar-refractivity contribution in [3.05, 3.63) is 65.8 Å². The summed E-state index contributed by atoms with van der Waals surface area (Å²) in [6, 6.07) is 11.1. The average molecular weight is 449 g/mol. The zero-order valence-electron chi connectivity index (χ0n) is 19.7. The second kappa shape index (κ2) is 9.15. The lowest BCUT2D eigenvalue weighted by Gasteiger charge is -2.50. The van der Waals surface area contributed by atoms with Gasteiger partial charge in [-0.1, -0.05) is 12.8 Å². The lowest BCUT2D eigenvalue weighted by Crippen LogP contribution is -2.56. The van der Waals surface area contributed by atoms with Crippen molar-refractivity contribution in [2.45, 2.75) is 69.5 Å². The molecule has 1 unspecified atom stereocenters. The molecule has 6 heterocycles. The number of aromatic nitrogens is 2. The summed E-state index contributed by atoms with van der Waals surface area (Å²) in [5.41, 5.74) is 2.81. The average Bonchev–Trinajstić information content (AvgIpc) is 3.62. The first-order valence-corrected chi connectivity index (χ1v) is 12.8. The summed E-state index contributed by atoms with van der Waals surface area (Å²) in [5, 5.41) is 4.97. The lowest BCUT2D eigenvalue weighted by molar-refractivity contribution is 0.00571. The SMILES string of the molecule is Cn1nc(C2CCCC2)cc1[C@H]1CN2CC[C@H]1C[C@@H]2CN(Cc1ccco1)Cc1ccco1. The Hall–Kier alpha value is -2.31. The molecule has 1 saturated carbocycles. The van der Waals surface area contributed by atoms with E-state index < -0.39 is 0 Å². The van der Waals surface area contributed by atoms with E-state index in [9.17, 15) is 0 Å². The van der Waals surface area contributed by atoms with Gasteiger partial charge in [-0.25, -0.2) is 0 Å². The fourth-order valence-electron chi connectivity index (χ4n) is 6.66. The van der Waals surface area contributed by atoms with Gasteiger partial charge in [0.05, 0.1) is 31.3 Å². The van der Waals surface area contributed by atoms with Crippen LogP contribution in [0.3, 0.4) is 0 Å². The Morgan fingerprint density at radius 3 is 2.36 bits per heavy atom. The number of hydrogen-bond donors (Lipinski definition) is 0. The summed E-state index contributed by atoms with van der Waals surface area (Å²) in [6.07, 6.45) is 11.5. The predicted molar refractivity (Wildman–Crippen MR) is 127 cm³/mol. The van der Waals surface area contributed by atoms with Gasteiger partial charge in [0, 0.05) is 43.7 Å². The molecule has 4 atom stereocenters. The van der Waals surface area contributed by atoms with Gasteiger partial charge < -0.3 is 8.83 Å². The minimum absolute atomic E-state index is 0.590. The van der Waals surface area contributed by atoms with Gasteiger partial charge in [0.25, 0.3) is 0 Å². The Bertz CT molecular complexity index is 983. The van der Waals surface area contributed by atoms with Crippen LogP contribution in [0, 0.1) is 5.92 Å². The van der Waals surface area contributed by atoms with E-state index in [4.69, 9.17) is 13.9 Å². The van der Waals surface area contributed by atoms with Gasteiger partial charge in [-0.3, -0.25) is 14.5 Å². The molecule has 3 aromatic heterocycles. The normalized spacial score (nSPS) is 27.7. The first kappa shape index (κ1) is 21.2. The standard InChI is InChI=1S/C27H36N4O2/c1-29-27(15-26(28-29)20-6-2-3-7-20)25-19-31-11-10-21(25)14-22(31)16-30(17-23-8-4-12-32-23)18-24-9-5-13-33-24/h4-5,8-9,12-13,15,20-22,25H,2-3,6-7,10-11,14,16-19H2,1H3/t21-,22+,25-/m0/s1. The van der Waals surface area contributed by atoms with Crippen molar-refractivity contribution in [1.29, 1.82) is 0 Å². The Labute approximate surface area is 196 Å². The number of fused-ring (bicyclic) bond motifs is 3. The molecule has 176 valence electrons. The van der Waals surface area contributed by atoms with Gasteiger partial charge in [0.1, 0.15) is 11.5 Å². The summed E-state index contributed by atoms with van der Waals surface area (Å²) < 4.78 is 13.5. The fourth-order valence-corrected chi connectivity index (χ4v) is 6.66. The second-order valence-corrected chi connectivity index (χ2v) is 10.5. The molecule has 33 heavy (non-hydrogen) atoms. The summed E-state index contributed by atoms with van der Waals surface area (Å²) in [6.45, 7) is 5.06. The third-order valence-corrected chi connectivity index (χ3v) is 8.35. The molecule has 0 radical (unpaired) electrons. The molecular weight excluding hydrogens is 412 g/mol. The van der Waals surface area contributed by atoms with Crippen LogP contribution in [-0.2, 0) is 20.1 Å². The molecule has 4 fully saturated rings. The molecule has 3 aliphatic heterocycles. The molecule has 7 rings (SSSR count). The van der Waals surface area contributed by atoms with Crippen molar-refractivity contribution in [1.82, 2.24) is 19.6 Å². The lowest BCUT2D eigenvalue weighted by atomic mass is 9.74. The molecule has 2 bridgehead atoms. The molecule has 0 aromatic carbocycles. The number of piperidine rings is 3. The molecular formula is C27H36N4O2. The molecule has 0 N–H and O–H groups in total. The van der Waals surface area contributed by atoms with Gasteiger partial charge in [0.2, 0.25) is 0 Å². The largest absolute Gasteiger partial charge is 0.468 e. The van der Waals surface area contributed by atoms with Crippen molar-refractivity contribution in [3.8, 4) is 0 Å². The first-order valence-electron chi connectivity index (χ1n) is 12.8. The zero-order chi connectivity index (χ0) is 22.2. The number of rotatable bonds is 8. The quantitative estimate of drug-likeness (QED) is 0.477. The van der Waals surface area contributed by atoms with Gasteiger partial charge in [-0.15, -0.1) is 0 Å². The summed E-state index contributed by atoms with van der Waals surface area (Å²) in [5.74, 6) is 4.09. The van der Waals surface area contributed by atoms with E-state index in [-0.39, 0.29) is 0 Å². The van der Waals surface area contributed by atoms with Crippen LogP contribution in [0.4, 0.5) is 0 Å². The van der Waals surface area contributed by atoms with Crippen LogP contribution in [0.1, 0.15) is 73.3 Å². The van der Waals surface area contributed by atoms with Gasteiger partial charge in [-0.05, 0) is 68.5 Å². The Kier molecular flexibility index (Phi) is 5.89. The first-order chi connectivity index (χ1) is 16.2. The second-order valence-electron chi connectivity index (χ2n) is 10.5.